The topological polar surface area (TPSA) is 74.8 Å². The van der Waals surface area contributed by atoms with Crippen LogP contribution in [0.1, 0.15) is 10.4 Å². The molecule has 1 amide bonds. The molecule has 3 aromatic rings. The maximum atomic E-state index is 13.0. The lowest BCUT2D eigenvalue weighted by Crippen LogP contribution is -2.19. The van der Waals surface area contributed by atoms with Gasteiger partial charge in [-0.15, -0.1) is 11.3 Å². The molecule has 0 aliphatic carbocycles. The van der Waals surface area contributed by atoms with Crippen LogP contribution < -0.4 is 10.9 Å². The van der Waals surface area contributed by atoms with Gasteiger partial charge < -0.3 is 10.3 Å². The Hall–Kier alpha value is -2.80. The van der Waals surface area contributed by atoms with Gasteiger partial charge in [-0.25, -0.2) is 9.37 Å². The van der Waals surface area contributed by atoms with E-state index in [4.69, 9.17) is 0 Å². The summed E-state index contributed by atoms with van der Waals surface area (Å²) in [7, 11) is 0. The largest absolute Gasteiger partial charge is 0.348 e. The second-order valence-electron chi connectivity index (χ2n) is 4.77. The van der Waals surface area contributed by atoms with E-state index < -0.39 is 0 Å². The van der Waals surface area contributed by atoms with Gasteiger partial charge in [-0.3, -0.25) is 9.59 Å². The molecule has 3 rings (SSSR count). The number of nitrogens with one attached hydrogen (secondary N) is 2. The van der Waals surface area contributed by atoms with Gasteiger partial charge >= 0.3 is 0 Å². The molecular formula is C16H12FN3O2S. The molecule has 0 unspecified atom stereocenters. The van der Waals surface area contributed by atoms with Crippen LogP contribution in [0.4, 0.5) is 4.39 Å². The summed E-state index contributed by atoms with van der Waals surface area (Å²) in [5.41, 5.74) is 0.410. The molecule has 23 heavy (non-hydrogen) atoms. The Morgan fingerprint density at radius 1 is 1.39 bits per heavy atom. The lowest BCUT2D eigenvalue weighted by Gasteiger charge is -1.99. The number of nitrogens with zero attached hydrogens (tertiary/aromatic N) is 1. The van der Waals surface area contributed by atoms with Crippen LogP contribution in [0.15, 0.2) is 47.5 Å². The second-order valence-corrected chi connectivity index (χ2v) is 5.88. The maximum absolute atomic E-state index is 13.0. The molecule has 0 fully saturated rings. The SMILES string of the molecule is O=C(/C=C/c1cccc(F)c1)NCc1cc2c(=O)[nH]cnc2s1. The number of hydrogen-bond donors (Lipinski definition) is 2. The van der Waals surface area contributed by atoms with Crippen LogP contribution in [0.25, 0.3) is 16.3 Å². The highest BCUT2D eigenvalue weighted by molar-refractivity contribution is 7.18. The van der Waals surface area contributed by atoms with Gasteiger partial charge in [0.05, 0.1) is 18.3 Å². The van der Waals surface area contributed by atoms with E-state index >= 15 is 0 Å². The summed E-state index contributed by atoms with van der Waals surface area (Å²) in [6.07, 6.45) is 4.23. The minimum Gasteiger partial charge on any atom is -0.348 e. The van der Waals surface area contributed by atoms with Crippen molar-refractivity contribution in [2.45, 2.75) is 6.54 Å². The summed E-state index contributed by atoms with van der Waals surface area (Å²) in [4.78, 5) is 31.4. The number of thiophene rings is 1. The van der Waals surface area contributed by atoms with E-state index in [-0.39, 0.29) is 17.3 Å². The van der Waals surface area contributed by atoms with E-state index in [1.54, 1.807) is 18.2 Å². The zero-order valence-corrected chi connectivity index (χ0v) is 12.7. The lowest BCUT2D eigenvalue weighted by atomic mass is 10.2. The Kier molecular flexibility index (Phi) is 4.29. The third kappa shape index (κ3) is 3.70. The van der Waals surface area contributed by atoms with Crippen LogP contribution in [0.5, 0.6) is 0 Å². The smallest absolute Gasteiger partial charge is 0.259 e. The normalized spacial score (nSPS) is 11.2. The van der Waals surface area contributed by atoms with E-state index in [0.29, 0.717) is 22.3 Å². The molecule has 0 saturated heterocycles. The lowest BCUT2D eigenvalue weighted by molar-refractivity contribution is -0.116. The number of aromatic nitrogens is 2. The molecule has 2 N–H and O–H groups in total. The van der Waals surface area contributed by atoms with Crippen molar-refractivity contribution in [2.75, 3.05) is 0 Å². The van der Waals surface area contributed by atoms with E-state index in [2.05, 4.69) is 15.3 Å². The highest BCUT2D eigenvalue weighted by atomic mass is 32.1. The predicted octanol–water partition coefficient (Wildman–Crippen LogP) is 2.45. The molecule has 0 bridgehead atoms. The van der Waals surface area contributed by atoms with Gasteiger partial charge in [0.1, 0.15) is 10.6 Å². The van der Waals surface area contributed by atoms with Crippen LogP contribution >= 0.6 is 11.3 Å². The number of halogens is 1. The van der Waals surface area contributed by atoms with Crippen molar-refractivity contribution >= 4 is 33.5 Å². The molecular weight excluding hydrogens is 317 g/mol. The van der Waals surface area contributed by atoms with Crippen LogP contribution in [-0.2, 0) is 11.3 Å². The Morgan fingerprint density at radius 2 is 2.26 bits per heavy atom. The molecule has 7 heteroatoms. The fourth-order valence-electron chi connectivity index (χ4n) is 2.02. The van der Waals surface area contributed by atoms with Crippen LogP contribution in [0, 0.1) is 5.82 Å². The first-order valence-electron chi connectivity index (χ1n) is 6.79. The van der Waals surface area contributed by atoms with Crippen molar-refractivity contribution in [3.63, 3.8) is 0 Å². The van der Waals surface area contributed by atoms with Gasteiger partial charge in [0.15, 0.2) is 0 Å². The third-order valence-electron chi connectivity index (χ3n) is 3.10. The minimum atomic E-state index is -0.351. The summed E-state index contributed by atoms with van der Waals surface area (Å²) in [6.45, 7) is 0.298. The van der Waals surface area contributed by atoms with Gasteiger partial charge in [0.2, 0.25) is 5.91 Å². The number of carbonyl (C=O) groups is 1. The first kappa shape index (κ1) is 15.1. The Bertz CT molecular complexity index is 946. The third-order valence-corrected chi connectivity index (χ3v) is 4.14. The molecule has 0 saturated carbocycles. The summed E-state index contributed by atoms with van der Waals surface area (Å²) < 4.78 is 13.0. The first-order chi connectivity index (χ1) is 11.1. The van der Waals surface area contributed by atoms with Crippen molar-refractivity contribution in [3.05, 3.63) is 69.3 Å². The van der Waals surface area contributed by atoms with Gasteiger partial charge in [-0.1, -0.05) is 12.1 Å². The predicted molar refractivity (Wildman–Crippen MR) is 87.5 cm³/mol. The van der Waals surface area contributed by atoms with Gasteiger partial charge in [0.25, 0.3) is 5.56 Å². The summed E-state index contributed by atoms with van der Waals surface area (Å²) in [6, 6.07) is 7.68. The zero-order valence-electron chi connectivity index (χ0n) is 11.9. The van der Waals surface area contributed by atoms with E-state index in [1.807, 2.05) is 0 Å². The minimum absolute atomic E-state index is 0.199. The fourth-order valence-corrected chi connectivity index (χ4v) is 2.96. The molecule has 0 spiro atoms. The van der Waals surface area contributed by atoms with Crippen molar-refractivity contribution in [3.8, 4) is 0 Å². The summed E-state index contributed by atoms with van der Waals surface area (Å²) in [5.74, 6) is -0.649. The quantitative estimate of drug-likeness (QED) is 0.722. The van der Waals surface area contributed by atoms with Crippen molar-refractivity contribution < 1.29 is 9.18 Å². The second kappa shape index (κ2) is 6.53. The number of hydrogen-bond acceptors (Lipinski definition) is 4. The van der Waals surface area contributed by atoms with Crippen molar-refractivity contribution in [1.82, 2.24) is 15.3 Å². The maximum Gasteiger partial charge on any atom is 0.259 e. The summed E-state index contributed by atoms with van der Waals surface area (Å²) in [5, 5.41) is 3.23. The van der Waals surface area contributed by atoms with Gasteiger partial charge in [-0.05, 0) is 29.8 Å². The van der Waals surface area contributed by atoms with E-state index in [0.717, 1.165) is 4.88 Å². The number of aromatic amines is 1. The molecule has 116 valence electrons. The molecule has 0 aliphatic rings. The van der Waals surface area contributed by atoms with Gasteiger partial charge in [0, 0.05) is 11.0 Å². The molecule has 1 aromatic carbocycles. The molecule has 2 heterocycles. The number of fused-ring (bicyclic) bond motifs is 1. The Labute approximate surface area is 134 Å². The number of benzene rings is 1. The molecule has 5 nitrogen and oxygen atoms in total. The standard InChI is InChI=1S/C16H12FN3O2S/c17-11-3-1-2-10(6-11)4-5-14(21)18-8-12-7-13-15(22)19-9-20-16(13)23-12/h1-7,9H,8H2,(H,18,21)(H,19,20,22)/b5-4+. The molecule has 0 atom stereocenters. The van der Waals surface area contributed by atoms with E-state index in [1.165, 1.54) is 41.9 Å². The Morgan fingerprint density at radius 3 is 3.04 bits per heavy atom. The van der Waals surface area contributed by atoms with Crippen LogP contribution in [-0.4, -0.2) is 15.9 Å². The highest BCUT2D eigenvalue weighted by Gasteiger charge is 2.06. The first-order valence-corrected chi connectivity index (χ1v) is 7.61. The van der Waals surface area contributed by atoms with Crippen molar-refractivity contribution in [2.24, 2.45) is 0 Å². The number of carbonyl (C=O) groups excluding carboxylic acids is 1. The van der Waals surface area contributed by atoms with E-state index in [9.17, 15) is 14.0 Å². The van der Waals surface area contributed by atoms with Gasteiger partial charge in [-0.2, -0.15) is 0 Å². The number of H-pyrrole nitrogens is 1. The zero-order chi connectivity index (χ0) is 16.2. The van der Waals surface area contributed by atoms with Crippen LogP contribution in [0.3, 0.4) is 0 Å². The van der Waals surface area contributed by atoms with Crippen LogP contribution in [0.2, 0.25) is 0 Å². The number of amides is 1. The highest BCUT2D eigenvalue weighted by Crippen LogP contribution is 2.20. The monoisotopic (exact) mass is 329 g/mol. The average molecular weight is 329 g/mol. The summed E-state index contributed by atoms with van der Waals surface area (Å²) >= 11 is 1.35. The average Bonchev–Trinajstić information content (AvgIpc) is 2.96. The fraction of sp³-hybridized carbons (Fsp3) is 0.0625. The Balaban J connectivity index is 1.64. The molecule has 2 aromatic heterocycles. The molecule has 0 aliphatic heterocycles. The molecule has 0 radical (unpaired) electrons. The van der Waals surface area contributed by atoms with Crippen molar-refractivity contribution in [1.29, 1.82) is 0 Å². The number of rotatable bonds is 4.